The van der Waals surface area contributed by atoms with Gasteiger partial charge in [-0.15, -0.1) is 0 Å². The molecule has 0 radical (unpaired) electrons. The highest BCUT2D eigenvalue weighted by Gasteiger charge is 2.33. The number of para-hydroxylation sites is 2. The lowest BCUT2D eigenvalue weighted by Crippen LogP contribution is -2.50. The fraction of sp³-hybridized carbons (Fsp3) is 0.316. The summed E-state index contributed by atoms with van der Waals surface area (Å²) in [5.74, 6) is -0.207. The van der Waals surface area contributed by atoms with E-state index in [1.165, 1.54) is 4.31 Å². The zero-order valence-corrected chi connectivity index (χ0v) is 15.2. The topological polar surface area (TPSA) is 57.7 Å². The number of hydrogen-bond donors (Lipinski definition) is 0. The van der Waals surface area contributed by atoms with E-state index in [9.17, 15) is 13.2 Å². The Kier molecular flexibility index (Phi) is 4.81. The van der Waals surface area contributed by atoms with E-state index in [1.807, 2.05) is 30.3 Å². The molecule has 25 heavy (non-hydrogen) atoms. The van der Waals surface area contributed by atoms with Crippen LogP contribution in [0, 0.1) is 0 Å². The maximum atomic E-state index is 13.1. The molecule has 5 nitrogen and oxygen atoms in total. The number of hydrogen-bond acceptors (Lipinski definition) is 3. The van der Waals surface area contributed by atoms with E-state index in [0.29, 0.717) is 12.2 Å². The fourth-order valence-corrected chi connectivity index (χ4v) is 4.53. The molecule has 1 aliphatic rings. The van der Waals surface area contributed by atoms with Crippen molar-refractivity contribution in [3.63, 3.8) is 0 Å². The summed E-state index contributed by atoms with van der Waals surface area (Å²) in [7, 11) is -3.59. The largest absolute Gasteiger partial charge is 0.310 e. The Morgan fingerprint density at radius 1 is 1.08 bits per heavy atom. The van der Waals surface area contributed by atoms with Crippen LogP contribution in [0.1, 0.15) is 18.9 Å². The van der Waals surface area contributed by atoms with Gasteiger partial charge in [0.15, 0.2) is 0 Å². The lowest BCUT2D eigenvalue weighted by molar-refractivity contribution is -0.119. The molecule has 6 heteroatoms. The predicted molar refractivity (Wildman–Crippen MR) is 100 cm³/mol. The number of aryl methyl sites for hydroxylation is 1. The average molecular weight is 358 g/mol. The van der Waals surface area contributed by atoms with Gasteiger partial charge in [-0.3, -0.25) is 9.10 Å². The monoisotopic (exact) mass is 358 g/mol. The lowest BCUT2D eigenvalue weighted by atomic mass is 10.0. The number of anilines is 2. The van der Waals surface area contributed by atoms with Crippen LogP contribution >= 0.6 is 0 Å². The normalized spacial score (nSPS) is 15.4. The third-order valence-electron chi connectivity index (χ3n) is 4.45. The first-order valence-electron chi connectivity index (χ1n) is 8.33. The number of rotatable bonds is 4. The van der Waals surface area contributed by atoms with Crippen LogP contribution in [-0.2, 0) is 21.2 Å². The average Bonchev–Trinajstić information content (AvgIpc) is 2.60. The van der Waals surface area contributed by atoms with E-state index < -0.39 is 16.1 Å². The van der Waals surface area contributed by atoms with Crippen LogP contribution in [0.5, 0.6) is 0 Å². The third kappa shape index (κ3) is 3.54. The number of carbonyl (C=O) groups excluding carboxylic acids is 1. The highest BCUT2D eigenvalue weighted by atomic mass is 32.2. The van der Waals surface area contributed by atoms with Gasteiger partial charge in [-0.05, 0) is 43.5 Å². The van der Waals surface area contributed by atoms with E-state index in [2.05, 4.69) is 0 Å². The minimum Gasteiger partial charge on any atom is -0.310 e. The summed E-state index contributed by atoms with van der Waals surface area (Å²) < 4.78 is 25.9. The van der Waals surface area contributed by atoms with Gasteiger partial charge in [0.2, 0.25) is 10.0 Å². The second kappa shape index (κ2) is 6.88. The van der Waals surface area contributed by atoms with Gasteiger partial charge >= 0.3 is 0 Å². The first kappa shape index (κ1) is 17.5. The highest BCUT2D eigenvalue weighted by molar-refractivity contribution is 7.92. The molecule has 0 aromatic heterocycles. The third-order valence-corrected chi connectivity index (χ3v) is 5.70. The number of benzene rings is 2. The van der Waals surface area contributed by atoms with Crippen molar-refractivity contribution < 1.29 is 13.2 Å². The molecule has 0 saturated heterocycles. The van der Waals surface area contributed by atoms with Gasteiger partial charge in [0, 0.05) is 12.2 Å². The Hall–Kier alpha value is -2.34. The van der Waals surface area contributed by atoms with Gasteiger partial charge < -0.3 is 4.90 Å². The van der Waals surface area contributed by atoms with Crippen LogP contribution in [0.25, 0.3) is 0 Å². The van der Waals surface area contributed by atoms with Crippen molar-refractivity contribution in [2.75, 3.05) is 22.0 Å². The molecule has 1 aliphatic heterocycles. The Balaban J connectivity index is 1.96. The predicted octanol–water partition coefficient (Wildman–Crippen LogP) is 2.82. The van der Waals surface area contributed by atoms with Crippen molar-refractivity contribution in [3.8, 4) is 0 Å². The van der Waals surface area contributed by atoms with Gasteiger partial charge in [0.1, 0.15) is 6.04 Å². The number of fused-ring (bicyclic) bond motifs is 1. The number of nitrogens with zero attached hydrogens (tertiary/aromatic N) is 2. The second-order valence-electron chi connectivity index (χ2n) is 6.29. The molecule has 1 heterocycles. The van der Waals surface area contributed by atoms with Crippen LogP contribution in [0.2, 0.25) is 0 Å². The van der Waals surface area contributed by atoms with Gasteiger partial charge in [-0.1, -0.05) is 36.4 Å². The lowest BCUT2D eigenvalue weighted by Gasteiger charge is -2.35. The zero-order valence-electron chi connectivity index (χ0n) is 14.4. The minimum atomic E-state index is -3.59. The van der Waals surface area contributed by atoms with E-state index in [4.69, 9.17) is 0 Å². The van der Waals surface area contributed by atoms with Gasteiger partial charge in [-0.25, -0.2) is 8.42 Å². The van der Waals surface area contributed by atoms with Crippen LogP contribution in [0.15, 0.2) is 54.6 Å². The zero-order chi connectivity index (χ0) is 18.0. The Morgan fingerprint density at radius 3 is 2.40 bits per heavy atom. The summed E-state index contributed by atoms with van der Waals surface area (Å²) in [5.41, 5.74) is 2.50. The van der Waals surface area contributed by atoms with Crippen molar-refractivity contribution in [3.05, 3.63) is 60.2 Å². The Labute approximate surface area is 148 Å². The first-order valence-corrected chi connectivity index (χ1v) is 10.2. The van der Waals surface area contributed by atoms with Gasteiger partial charge in [-0.2, -0.15) is 0 Å². The standard InChI is InChI=1S/C19H22N2O3S/c1-15(21(25(2,23)24)17-11-4-3-5-12-17)19(22)20-14-8-10-16-9-6-7-13-18(16)20/h3-7,9,11-13,15H,8,10,14H2,1-2H3. The number of carbonyl (C=O) groups is 1. The first-order chi connectivity index (χ1) is 11.9. The smallest absolute Gasteiger partial charge is 0.250 e. The fourth-order valence-electron chi connectivity index (χ4n) is 3.37. The molecule has 3 rings (SSSR count). The molecule has 1 atom stereocenters. The SMILES string of the molecule is CC(C(=O)N1CCCc2ccccc21)N(c1ccccc1)S(C)(=O)=O. The molecule has 2 aromatic rings. The molecular formula is C19H22N2O3S. The van der Waals surface area contributed by atoms with Crippen LogP contribution in [0.4, 0.5) is 11.4 Å². The van der Waals surface area contributed by atoms with Gasteiger partial charge in [0.25, 0.3) is 5.91 Å². The van der Waals surface area contributed by atoms with Crippen LogP contribution in [0.3, 0.4) is 0 Å². The quantitative estimate of drug-likeness (QED) is 0.844. The molecule has 0 bridgehead atoms. The molecular weight excluding hydrogens is 336 g/mol. The van der Waals surface area contributed by atoms with E-state index in [1.54, 1.807) is 36.1 Å². The van der Waals surface area contributed by atoms with Crippen molar-refractivity contribution in [2.45, 2.75) is 25.8 Å². The summed E-state index contributed by atoms with van der Waals surface area (Å²) in [6, 6.07) is 15.7. The summed E-state index contributed by atoms with van der Waals surface area (Å²) in [6.07, 6.45) is 2.94. The van der Waals surface area contributed by atoms with Crippen molar-refractivity contribution in [1.29, 1.82) is 0 Å². The molecule has 2 aromatic carbocycles. The van der Waals surface area contributed by atoms with E-state index in [-0.39, 0.29) is 5.91 Å². The molecule has 1 amide bonds. The molecule has 0 fully saturated rings. The van der Waals surface area contributed by atoms with Crippen LogP contribution in [-0.4, -0.2) is 33.2 Å². The molecule has 0 spiro atoms. The van der Waals surface area contributed by atoms with Gasteiger partial charge in [0.05, 0.1) is 11.9 Å². The summed E-state index contributed by atoms with van der Waals surface area (Å²) >= 11 is 0. The summed E-state index contributed by atoms with van der Waals surface area (Å²) in [6.45, 7) is 2.25. The highest BCUT2D eigenvalue weighted by Crippen LogP contribution is 2.29. The van der Waals surface area contributed by atoms with Crippen molar-refractivity contribution in [2.24, 2.45) is 0 Å². The minimum absolute atomic E-state index is 0.207. The van der Waals surface area contributed by atoms with Crippen molar-refractivity contribution in [1.82, 2.24) is 0 Å². The van der Waals surface area contributed by atoms with E-state index in [0.717, 1.165) is 30.3 Å². The Bertz CT molecular complexity index is 865. The summed E-state index contributed by atoms with van der Waals surface area (Å²) in [5, 5.41) is 0. The molecule has 0 N–H and O–H groups in total. The van der Waals surface area contributed by atoms with Crippen molar-refractivity contribution >= 4 is 27.3 Å². The maximum absolute atomic E-state index is 13.1. The summed E-state index contributed by atoms with van der Waals surface area (Å²) in [4.78, 5) is 14.9. The van der Waals surface area contributed by atoms with E-state index >= 15 is 0 Å². The van der Waals surface area contributed by atoms with Crippen LogP contribution < -0.4 is 9.21 Å². The maximum Gasteiger partial charge on any atom is 0.250 e. The Morgan fingerprint density at radius 2 is 1.72 bits per heavy atom. The molecule has 1 unspecified atom stereocenters. The number of amides is 1. The second-order valence-corrected chi connectivity index (χ2v) is 8.15. The number of sulfonamides is 1. The molecule has 132 valence electrons. The molecule has 0 saturated carbocycles. The molecule has 0 aliphatic carbocycles.